The summed E-state index contributed by atoms with van der Waals surface area (Å²) in [6, 6.07) is 15.0. The molecule has 1 fully saturated rings. The van der Waals surface area contributed by atoms with Crippen LogP contribution in [0.4, 0.5) is 4.39 Å². The first-order valence-corrected chi connectivity index (χ1v) is 8.84. The molecule has 1 aliphatic rings. The van der Waals surface area contributed by atoms with Gasteiger partial charge in [0.25, 0.3) is 0 Å². The molecule has 0 aliphatic carbocycles. The maximum atomic E-state index is 13.3. The highest BCUT2D eigenvalue weighted by Gasteiger charge is 2.35. The van der Waals surface area contributed by atoms with Crippen LogP contribution < -0.4 is 0 Å². The van der Waals surface area contributed by atoms with Gasteiger partial charge in [0.15, 0.2) is 0 Å². The van der Waals surface area contributed by atoms with Crippen LogP contribution in [-0.2, 0) is 13.0 Å². The van der Waals surface area contributed by atoms with Gasteiger partial charge < -0.3 is 5.11 Å². The van der Waals surface area contributed by atoms with Gasteiger partial charge in [0.2, 0.25) is 0 Å². The molecule has 1 saturated heterocycles. The molecule has 2 nitrogen and oxygen atoms in total. The summed E-state index contributed by atoms with van der Waals surface area (Å²) in [6.07, 6.45) is 3.09. The highest BCUT2D eigenvalue weighted by molar-refractivity contribution is 6.30. The molecule has 1 heterocycles. The molecule has 1 unspecified atom stereocenters. The second kappa shape index (κ2) is 7.64. The fraction of sp³-hybridized carbons (Fsp3) is 0.400. The van der Waals surface area contributed by atoms with Crippen molar-refractivity contribution in [3.05, 3.63) is 70.5 Å². The second-order valence-electron chi connectivity index (χ2n) is 6.80. The topological polar surface area (TPSA) is 23.5 Å². The molecular weight excluding hydrogens is 325 g/mol. The molecule has 0 radical (unpaired) electrons. The number of nitrogens with zero attached hydrogens (tertiary/aromatic N) is 1. The van der Waals surface area contributed by atoms with E-state index >= 15 is 0 Å². The quantitative estimate of drug-likeness (QED) is 0.835. The van der Waals surface area contributed by atoms with Gasteiger partial charge in [0, 0.05) is 24.7 Å². The number of aliphatic hydroxyl groups is 1. The van der Waals surface area contributed by atoms with Gasteiger partial charge in [-0.05, 0) is 55.0 Å². The van der Waals surface area contributed by atoms with Gasteiger partial charge in [-0.25, -0.2) is 4.39 Å². The van der Waals surface area contributed by atoms with Crippen molar-refractivity contribution in [2.45, 2.75) is 37.8 Å². The summed E-state index contributed by atoms with van der Waals surface area (Å²) in [5, 5.41) is 11.2. The smallest absolute Gasteiger partial charge is 0.124 e. The third kappa shape index (κ3) is 4.79. The Labute approximate surface area is 147 Å². The summed E-state index contributed by atoms with van der Waals surface area (Å²) >= 11 is 5.88. The summed E-state index contributed by atoms with van der Waals surface area (Å²) < 4.78 is 13.3. The number of hydrogen-bond donors (Lipinski definition) is 1. The predicted molar refractivity (Wildman–Crippen MR) is 95.6 cm³/mol. The molecule has 1 N–H and O–H groups in total. The fourth-order valence-electron chi connectivity index (χ4n) is 3.50. The van der Waals surface area contributed by atoms with Crippen molar-refractivity contribution in [1.29, 1.82) is 0 Å². The summed E-state index contributed by atoms with van der Waals surface area (Å²) in [7, 11) is 0. The van der Waals surface area contributed by atoms with Gasteiger partial charge in [-0.15, -0.1) is 0 Å². The van der Waals surface area contributed by atoms with Crippen LogP contribution in [0, 0.1) is 5.82 Å². The van der Waals surface area contributed by atoms with E-state index in [1.807, 2.05) is 18.2 Å². The first-order valence-electron chi connectivity index (χ1n) is 8.46. The van der Waals surface area contributed by atoms with E-state index in [-0.39, 0.29) is 5.82 Å². The first kappa shape index (κ1) is 17.4. The van der Waals surface area contributed by atoms with Crippen molar-refractivity contribution >= 4 is 11.6 Å². The van der Waals surface area contributed by atoms with E-state index < -0.39 is 5.60 Å². The number of hydrogen-bond acceptors (Lipinski definition) is 2. The van der Waals surface area contributed by atoms with Crippen molar-refractivity contribution < 1.29 is 9.50 Å². The van der Waals surface area contributed by atoms with E-state index in [1.54, 1.807) is 6.07 Å². The van der Waals surface area contributed by atoms with Crippen LogP contribution >= 0.6 is 11.6 Å². The standard InChI is InChI=1S/C20H23ClFNO/c21-18-11-17(12-19(22)13-18)7-4-8-20(24)9-10-23(15-20)14-16-5-2-1-3-6-16/h1-3,5-6,11-13,24H,4,7-10,14-15H2. The first-order chi connectivity index (χ1) is 11.5. The number of likely N-dealkylation sites (tertiary alicyclic amines) is 1. The number of halogens is 2. The number of β-amino-alcohol motifs (C(OH)–C–C–N with tert-alkyl or cyclic N) is 1. The van der Waals surface area contributed by atoms with Crippen LogP contribution in [0.2, 0.25) is 5.02 Å². The average Bonchev–Trinajstić information content (AvgIpc) is 2.88. The van der Waals surface area contributed by atoms with E-state index in [1.165, 1.54) is 17.7 Å². The average molecular weight is 348 g/mol. The van der Waals surface area contributed by atoms with Gasteiger partial charge in [-0.3, -0.25) is 4.90 Å². The van der Waals surface area contributed by atoms with Gasteiger partial charge in [0.1, 0.15) is 5.82 Å². The SMILES string of the molecule is OC1(CCCc2cc(F)cc(Cl)c2)CCN(Cc2ccccc2)C1. The molecule has 4 heteroatoms. The van der Waals surface area contributed by atoms with Crippen LogP contribution in [0.3, 0.4) is 0 Å². The Morgan fingerprint density at radius 1 is 1.12 bits per heavy atom. The highest BCUT2D eigenvalue weighted by atomic mass is 35.5. The van der Waals surface area contributed by atoms with Gasteiger partial charge in [-0.1, -0.05) is 41.9 Å². The molecular formula is C20H23ClFNO. The van der Waals surface area contributed by atoms with E-state index in [9.17, 15) is 9.50 Å². The van der Waals surface area contributed by atoms with Crippen molar-refractivity contribution in [2.75, 3.05) is 13.1 Å². The molecule has 24 heavy (non-hydrogen) atoms. The highest BCUT2D eigenvalue weighted by Crippen LogP contribution is 2.28. The summed E-state index contributed by atoms with van der Waals surface area (Å²) in [6.45, 7) is 2.49. The Kier molecular flexibility index (Phi) is 5.54. The normalized spacial score (nSPS) is 21.3. The zero-order chi connectivity index (χ0) is 17.0. The lowest BCUT2D eigenvalue weighted by Gasteiger charge is -2.23. The minimum atomic E-state index is -0.633. The molecule has 0 spiro atoms. The maximum absolute atomic E-state index is 13.3. The van der Waals surface area contributed by atoms with Crippen molar-refractivity contribution in [1.82, 2.24) is 4.90 Å². The van der Waals surface area contributed by atoms with Crippen molar-refractivity contribution in [2.24, 2.45) is 0 Å². The molecule has 0 bridgehead atoms. The maximum Gasteiger partial charge on any atom is 0.124 e. The molecule has 2 aromatic carbocycles. The molecule has 1 atom stereocenters. The van der Waals surface area contributed by atoms with Gasteiger partial charge >= 0.3 is 0 Å². The fourth-order valence-corrected chi connectivity index (χ4v) is 3.74. The van der Waals surface area contributed by atoms with Gasteiger partial charge in [0.05, 0.1) is 5.60 Å². The van der Waals surface area contributed by atoms with Crippen molar-refractivity contribution in [3.63, 3.8) is 0 Å². The van der Waals surface area contributed by atoms with Crippen LogP contribution in [0.1, 0.15) is 30.4 Å². The Morgan fingerprint density at radius 3 is 2.67 bits per heavy atom. The van der Waals surface area contributed by atoms with E-state index in [2.05, 4.69) is 17.0 Å². The minimum absolute atomic E-state index is 0.300. The van der Waals surface area contributed by atoms with Crippen LogP contribution in [0.15, 0.2) is 48.5 Å². The number of aryl methyl sites for hydroxylation is 1. The zero-order valence-electron chi connectivity index (χ0n) is 13.7. The third-order valence-electron chi connectivity index (χ3n) is 4.69. The second-order valence-corrected chi connectivity index (χ2v) is 7.24. The Morgan fingerprint density at radius 2 is 1.92 bits per heavy atom. The molecule has 2 aromatic rings. The van der Waals surface area contributed by atoms with Crippen LogP contribution in [0.25, 0.3) is 0 Å². The lowest BCUT2D eigenvalue weighted by atomic mass is 9.94. The molecule has 1 aliphatic heterocycles. The minimum Gasteiger partial charge on any atom is -0.389 e. The van der Waals surface area contributed by atoms with Crippen molar-refractivity contribution in [3.8, 4) is 0 Å². The van der Waals surface area contributed by atoms with Crippen LogP contribution in [-0.4, -0.2) is 28.7 Å². The Bertz CT molecular complexity index is 658. The molecule has 0 amide bonds. The Balaban J connectivity index is 1.48. The molecule has 3 rings (SSSR count). The third-order valence-corrected chi connectivity index (χ3v) is 4.91. The molecule has 128 valence electrons. The van der Waals surface area contributed by atoms with E-state index in [0.29, 0.717) is 11.6 Å². The monoisotopic (exact) mass is 347 g/mol. The predicted octanol–water partition coefficient (Wildman–Crippen LogP) is 4.44. The summed E-state index contributed by atoms with van der Waals surface area (Å²) in [5.41, 5.74) is 1.53. The molecule has 0 aromatic heterocycles. The zero-order valence-corrected chi connectivity index (χ0v) is 14.5. The lowest BCUT2D eigenvalue weighted by Crippen LogP contribution is -2.33. The molecule has 0 saturated carbocycles. The van der Waals surface area contributed by atoms with E-state index in [0.717, 1.165) is 44.3 Å². The van der Waals surface area contributed by atoms with Crippen LogP contribution in [0.5, 0.6) is 0 Å². The lowest BCUT2D eigenvalue weighted by molar-refractivity contribution is 0.0380. The summed E-state index contributed by atoms with van der Waals surface area (Å²) in [5.74, 6) is -0.300. The Hall–Kier alpha value is -1.42. The number of rotatable bonds is 6. The van der Waals surface area contributed by atoms with E-state index in [4.69, 9.17) is 11.6 Å². The number of benzene rings is 2. The summed E-state index contributed by atoms with van der Waals surface area (Å²) in [4.78, 5) is 2.30. The van der Waals surface area contributed by atoms with Gasteiger partial charge in [-0.2, -0.15) is 0 Å². The largest absolute Gasteiger partial charge is 0.389 e.